The summed E-state index contributed by atoms with van der Waals surface area (Å²) >= 11 is 5.99. The minimum atomic E-state index is -3.46. The number of piperidine rings is 1. The fraction of sp³-hybridized carbons (Fsp3) is 0.647. The standard InChI is InChI=1S/C17H28ClN3O2S/c1-3-10-19-24(22,23)20-13-17(15-4-6-16(18)7-5-15)21-11-8-14(2)9-12-21/h4-7,14,17,19-20H,3,8-13H2,1-2H3. The number of nitrogens with zero attached hydrogens (tertiary/aromatic N) is 1. The molecule has 2 N–H and O–H groups in total. The molecule has 1 saturated heterocycles. The Morgan fingerprint density at radius 3 is 2.42 bits per heavy atom. The monoisotopic (exact) mass is 373 g/mol. The minimum Gasteiger partial charge on any atom is -0.295 e. The van der Waals surface area contributed by atoms with Crippen LogP contribution in [-0.4, -0.2) is 39.5 Å². The molecule has 0 radical (unpaired) electrons. The highest BCUT2D eigenvalue weighted by Gasteiger charge is 2.25. The van der Waals surface area contributed by atoms with E-state index < -0.39 is 10.2 Å². The van der Waals surface area contributed by atoms with Crippen molar-refractivity contribution >= 4 is 21.8 Å². The molecule has 0 saturated carbocycles. The van der Waals surface area contributed by atoms with Gasteiger partial charge in [-0.15, -0.1) is 0 Å². The zero-order chi connectivity index (χ0) is 17.6. The van der Waals surface area contributed by atoms with Crippen LogP contribution in [-0.2, 0) is 10.2 Å². The zero-order valence-corrected chi connectivity index (χ0v) is 16.0. The Balaban J connectivity index is 2.09. The van der Waals surface area contributed by atoms with Crippen LogP contribution in [0.4, 0.5) is 0 Å². The van der Waals surface area contributed by atoms with Crippen molar-refractivity contribution in [3.8, 4) is 0 Å². The first-order valence-corrected chi connectivity index (χ1v) is 10.5. The maximum atomic E-state index is 12.1. The Hall–Kier alpha value is -0.660. The largest absolute Gasteiger partial charge is 0.295 e. The molecule has 1 aliphatic rings. The summed E-state index contributed by atoms with van der Waals surface area (Å²) in [5.74, 6) is 0.732. The number of nitrogens with one attached hydrogen (secondary N) is 2. The van der Waals surface area contributed by atoms with E-state index in [4.69, 9.17) is 11.6 Å². The van der Waals surface area contributed by atoms with Gasteiger partial charge in [-0.25, -0.2) is 9.44 Å². The molecule has 1 atom stereocenters. The molecular weight excluding hydrogens is 346 g/mol. The fourth-order valence-corrected chi connectivity index (χ4v) is 4.04. The van der Waals surface area contributed by atoms with Crippen LogP contribution in [0.3, 0.4) is 0 Å². The molecule has 7 heteroatoms. The summed E-state index contributed by atoms with van der Waals surface area (Å²) in [4.78, 5) is 2.37. The van der Waals surface area contributed by atoms with Gasteiger partial charge in [-0.3, -0.25) is 4.90 Å². The van der Waals surface area contributed by atoms with Gasteiger partial charge in [0.05, 0.1) is 0 Å². The first-order chi connectivity index (χ1) is 11.4. The smallest absolute Gasteiger partial charge is 0.276 e. The maximum absolute atomic E-state index is 12.1. The number of likely N-dealkylation sites (tertiary alicyclic amines) is 1. The molecule has 0 bridgehead atoms. The van der Waals surface area contributed by atoms with E-state index in [1.807, 2.05) is 31.2 Å². The zero-order valence-electron chi connectivity index (χ0n) is 14.5. The van der Waals surface area contributed by atoms with E-state index >= 15 is 0 Å². The Kier molecular flexibility index (Phi) is 7.50. The Labute approximate surface area is 150 Å². The molecule has 0 amide bonds. The second kappa shape index (κ2) is 9.15. The van der Waals surface area contributed by atoms with Crippen molar-refractivity contribution in [3.63, 3.8) is 0 Å². The highest BCUT2D eigenvalue weighted by Crippen LogP contribution is 2.27. The topological polar surface area (TPSA) is 61.4 Å². The van der Waals surface area contributed by atoms with Gasteiger partial charge < -0.3 is 0 Å². The third-order valence-corrected chi connectivity index (χ3v) is 5.91. The van der Waals surface area contributed by atoms with Crippen LogP contribution >= 0.6 is 11.6 Å². The molecule has 1 aromatic rings. The first kappa shape index (κ1) is 19.7. The lowest BCUT2D eigenvalue weighted by Crippen LogP contribution is -2.44. The van der Waals surface area contributed by atoms with Crippen LogP contribution in [0.15, 0.2) is 24.3 Å². The number of hydrogen-bond acceptors (Lipinski definition) is 3. The van der Waals surface area contributed by atoms with Crippen LogP contribution in [0.2, 0.25) is 5.02 Å². The first-order valence-electron chi connectivity index (χ1n) is 8.65. The second-order valence-electron chi connectivity index (χ2n) is 6.53. The minimum absolute atomic E-state index is 0.0213. The molecule has 24 heavy (non-hydrogen) atoms. The quantitative estimate of drug-likeness (QED) is 0.736. The van der Waals surface area contributed by atoms with Crippen LogP contribution in [0.1, 0.15) is 44.7 Å². The summed E-state index contributed by atoms with van der Waals surface area (Å²) in [6.45, 7) is 6.98. The average Bonchev–Trinajstić information content (AvgIpc) is 2.56. The highest BCUT2D eigenvalue weighted by atomic mass is 35.5. The lowest BCUT2D eigenvalue weighted by Gasteiger charge is -2.37. The fourth-order valence-electron chi connectivity index (χ4n) is 2.96. The van der Waals surface area contributed by atoms with E-state index in [-0.39, 0.29) is 6.04 Å². The van der Waals surface area contributed by atoms with E-state index in [0.717, 1.165) is 43.8 Å². The van der Waals surface area contributed by atoms with Crippen molar-refractivity contribution in [2.45, 2.75) is 39.2 Å². The van der Waals surface area contributed by atoms with Gasteiger partial charge in [0.15, 0.2) is 0 Å². The molecular formula is C17H28ClN3O2S. The molecule has 1 unspecified atom stereocenters. The maximum Gasteiger partial charge on any atom is 0.276 e. The van der Waals surface area contributed by atoms with Gasteiger partial charge in [0.2, 0.25) is 0 Å². The van der Waals surface area contributed by atoms with Crippen molar-refractivity contribution in [1.82, 2.24) is 14.3 Å². The Morgan fingerprint density at radius 2 is 1.83 bits per heavy atom. The summed E-state index contributed by atoms with van der Waals surface area (Å²) in [5, 5.41) is 0.690. The molecule has 1 aromatic carbocycles. The van der Waals surface area contributed by atoms with E-state index in [1.165, 1.54) is 0 Å². The van der Waals surface area contributed by atoms with Crippen LogP contribution in [0, 0.1) is 5.92 Å². The predicted octanol–water partition coefficient (Wildman–Crippen LogP) is 2.95. The molecule has 5 nitrogen and oxygen atoms in total. The SMILES string of the molecule is CCCNS(=O)(=O)NCC(c1ccc(Cl)cc1)N1CCC(C)CC1. The summed E-state index contributed by atoms with van der Waals surface area (Å²) in [5.41, 5.74) is 1.09. The van der Waals surface area contributed by atoms with E-state index in [1.54, 1.807) is 0 Å². The second-order valence-corrected chi connectivity index (χ2v) is 8.55. The van der Waals surface area contributed by atoms with Gasteiger partial charge in [0.1, 0.15) is 0 Å². The van der Waals surface area contributed by atoms with Crippen molar-refractivity contribution < 1.29 is 8.42 Å². The number of benzene rings is 1. The van der Waals surface area contributed by atoms with Gasteiger partial charge >= 0.3 is 0 Å². The number of hydrogen-bond donors (Lipinski definition) is 2. The molecule has 0 spiro atoms. The van der Waals surface area contributed by atoms with Crippen LogP contribution in [0.25, 0.3) is 0 Å². The van der Waals surface area contributed by atoms with Gasteiger partial charge in [0, 0.05) is 24.2 Å². The Morgan fingerprint density at radius 1 is 1.21 bits per heavy atom. The predicted molar refractivity (Wildman–Crippen MR) is 99.4 cm³/mol. The molecule has 0 aromatic heterocycles. The van der Waals surface area contributed by atoms with E-state index in [0.29, 0.717) is 18.1 Å². The van der Waals surface area contributed by atoms with Crippen molar-refractivity contribution in [2.75, 3.05) is 26.2 Å². The summed E-state index contributed by atoms with van der Waals surface area (Å²) in [6, 6.07) is 7.71. The molecule has 136 valence electrons. The van der Waals surface area contributed by atoms with Crippen molar-refractivity contribution in [2.24, 2.45) is 5.92 Å². The highest BCUT2D eigenvalue weighted by molar-refractivity contribution is 7.87. The average molecular weight is 374 g/mol. The van der Waals surface area contributed by atoms with Crippen LogP contribution in [0.5, 0.6) is 0 Å². The number of rotatable bonds is 8. The van der Waals surface area contributed by atoms with Crippen LogP contribution < -0.4 is 9.44 Å². The number of halogens is 1. The van der Waals surface area contributed by atoms with E-state index in [2.05, 4.69) is 21.3 Å². The molecule has 2 rings (SSSR count). The van der Waals surface area contributed by atoms with Crippen molar-refractivity contribution in [3.05, 3.63) is 34.9 Å². The molecule has 1 heterocycles. The third kappa shape index (κ3) is 6.01. The molecule has 1 fully saturated rings. The third-order valence-electron chi connectivity index (χ3n) is 4.52. The lowest BCUT2D eigenvalue weighted by molar-refractivity contribution is 0.139. The van der Waals surface area contributed by atoms with E-state index in [9.17, 15) is 8.42 Å². The molecule has 1 aliphatic heterocycles. The summed E-state index contributed by atoms with van der Waals surface area (Å²) < 4.78 is 29.4. The lowest BCUT2D eigenvalue weighted by atomic mass is 9.96. The van der Waals surface area contributed by atoms with Crippen molar-refractivity contribution in [1.29, 1.82) is 0 Å². The summed E-state index contributed by atoms with van der Waals surface area (Å²) in [6.07, 6.45) is 3.06. The normalized spacial score (nSPS) is 18.6. The molecule has 0 aliphatic carbocycles. The summed E-state index contributed by atoms with van der Waals surface area (Å²) in [7, 11) is -3.46. The van der Waals surface area contributed by atoms with Gasteiger partial charge in [-0.2, -0.15) is 8.42 Å². The van der Waals surface area contributed by atoms with Gasteiger partial charge in [0.25, 0.3) is 10.2 Å². The van der Waals surface area contributed by atoms with Gasteiger partial charge in [-0.1, -0.05) is 37.6 Å². The Bertz CT molecular complexity index is 599. The van der Waals surface area contributed by atoms with Gasteiger partial charge in [-0.05, 0) is 56.0 Å².